The molecule has 3 atom stereocenters. The molecule has 82 valence electrons. The minimum absolute atomic E-state index is 0.506. The molecule has 0 saturated carbocycles. The highest BCUT2D eigenvalue weighted by Gasteiger charge is 2.30. The van der Waals surface area contributed by atoms with Crippen LogP contribution in [0.3, 0.4) is 0 Å². The Bertz CT molecular complexity index is 367. The maximum absolute atomic E-state index is 6.24. The lowest BCUT2D eigenvalue weighted by Gasteiger charge is -2.17. The fourth-order valence-corrected chi connectivity index (χ4v) is 3.05. The van der Waals surface area contributed by atoms with Crippen LogP contribution in [0.1, 0.15) is 31.7 Å². The molecular formula is C12H15BrClN. The van der Waals surface area contributed by atoms with Crippen LogP contribution in [0.15, 0.2) is 22.7 Å². The van der Waals surface area contributed by atoms with E-state index in [0.29, 0.717) is 18.0 Å². The Morgan fingerprint density at radius 2 is 2.13 bits per heavy atom. The van der Waals surface area contributed by atoms with Crippen molar-refractivity contribution in [3.63, 3.8) is 0 Å². The molecule has 1 aliphatic heterocycles. The molecule has 1 nitrogen and oxygen atoms in total. The van der Waals surface area contributed by atoms with E-state index in [1.807, 2.05) is 12.1 Å². The van der Waals surface area contributed by atoms with Crippen molar-refractivity contribution in [1.29, 1.82) is 0 Å². The average molecular weight is 289 g/mol. The van der Waals surface area contributed by atoms with Crippen LogP contribution in [0.2, 0.25) is 5.02 Å². The van der Waals surface area contributed by atoms with E-state index in [1.54, 1.807) is 0 Å². The summed E-state index contributed by atoms with van der Waals surface area (Å²) in [6, 6.07) is 7.19. The molecular weight excluding hydrogens is 273 g/mol. The van der Waals surface area contributed by atoms with Gasteiger partial charge in [0.2, 0.25) is 0 Å². The van der Waals surface area contributed by atoms with Crippen molar-refractivity contribution in [2.24, 2.45) is 0 Å². The van der Waals surface area contributed by atoms with Gasteiger partial charge in [0.05, 0.1) is 0 Å². The van der Waals surface area contributed by atoms with E-state index in [9.17, 15) is 0 Å². The predicted molar refractivity (Wildman–Crippen MR) is 68.6 cm³/mol. The first kappa shape index (κ1) is 11.4. The summed E-state index contributed by atoms with van der Waals surface area (Å²) < 4.78 is 1.11. The maximum Gasteiger partial charge on any atom is 0.0442 e. The van der Waals surface area contributed by atoms with Crippen molar-refractivity contribution < 1.29 is 0 Å². The first-order valence-corrected chi connectivity index (χ1v) is 6.46. The van der Waals surface area contributed by atoms with Crippen molar-refractivity contribution in [3.05, 3.63) is 33.3 Å². The summed E-state index contributed by atoms with van der Waals surface area (Å²) in [5.74, 6) is 0.532. The van der Waals surface area contributed by atoms with Crippen molar-refractivity contribution in [2.75, 3.05) is 0 Å². The summed E-state index contributed by atoms with van der Waals surface area (Å²) >= 11 is 9.74. The van der Waals surface area contributed by atoms with Crippen LogP contribution in [-0.4, -0.2) is 12.1 Å². The minimum atomic E-state index is 0.506. The SMILES string of the molecule is CC1CC(c2cc(Br)ccc2Cl)C(C)N1. The minimum Gasteiger partial charge on any atom is -0.311 e. The van der Waals surface area contributed by atoms with Gasteiger partial charge in [0, 0.05) is 27.5 Å². The van der Waals surface area contributed by atoms with Crippen LogP contribution in [-0.2, 0) is 0 Å². The Morgan fingerprint density at radius 3 is 2.73 bits per heavy atom. The van der Waals surface area contributed by atoms with Crippen LogP contribution >= 0.6 is 27.5 Å². The third kappa shape index (κ3) is 2.38. The molecule has 0 radical (unpaired) electrons. The van der Waals surface area contributed by atoms with Gasteiger partial charge >= 0.3 is 0 Å². The topological polar surface area (TPSA) is 12.0 Å². The van der Waals surface area contributed by atoms with Gasteiger partial charge in [-0.3, -0.25) is 0 Å². The van der Waals surface area contributed by atoms with Crippen LogP contribution in [0.25, 0.3) is 0 Å². The van der Waals surface area contributed by atoms with E-state index >= 15 is 0 Å². The average Bonchev–Trinajstić information content (AvgIpc) is 2.50. The fourth-order valence-electron chi connectivity index (χ4n) is 2.41. The number of nitrogens with one attached hydrogen (secondary N) is 1. The lowest BCUT2D eigenvalue weighted by Crippen LogP contribution is -2.26. The third-order valence-corrected chi connectivity index (χ3v) is 3.95. The van der Waals surface area contributed by atoms with Gasteiger partial charge in [-0.2, -0.15) is 0 Å². The highest BCUT2D eigenvalue weighted by atomic mass is 79.9. The second-order valence-corrected chi connectivity index (χ2v) is 5.69. The number of rotatable bonds is 1. The Hall–Kier alpha value is -0.0500. The van der Waals surface area contributed by atoms with Crippen molar-refractivity contribution in [3.8, 4) is 0 Å². The monoisotopic (exact) mass is 287 g/mol. The van der Waals surface area contributed by atoms with E-state index in [1.165, 1.54) is 5.56 Å². The molecule has 0 bridgehead atoms. The van der Waals surface area contributed by atoms with Gasteiger partial charge in [-0.15, -0.1) is 0 Å². The first-order chi connectivity index (χ1) is 7.08. The molecule has 0 aromatic heterocycles. The van der Waals surface area contributed by atoms with E-state index in [0.717, 1.165) is 15.9 Å². The molecule has 1 heterocycles. The second kappa shape index (κ2) is 4.44. The lowest BCUT2D eigenvalue weighted by atomic mass is 9.92. The van der Waals surface area contributed by atoms with Gasteiger partial charge < -0.3 is 5.32 Å². The van der Waals surface area contributed by atoms with Gasteiger partial charge in [0.15, 0.2) is 0 Å². The number of halogens is 2. The Labute approximate surface area is 104 Å². The Balaban J connectivity index is 2.32. The summed E-state index contributed by atoms with van der Waals surface area (Å²) in [7, 11) is 0. The molecule has 1 N–H and O–H groups in total. The van der Waals surface area contributed by atoms with Crippen LogP contribution in [0, 0.1) is 0 Å². The Kier molecular flexibility index (Phi) is 3.39. The van der Waals surface area contributed by atoms with E-state index in [2.05, 4.69) is 41.2 Å². The number of hydrogen-bond donors (Lipinski definition) is 1. The largest absolute Gasteiger partial charge is 0.311 e. The van der Waals surface area contributed by atoms with E-state index in [4.69, 9.17) is 11.6 Å². The van der Waals surface area contributed by atoms with E-state index in [-0.39, 0.29) is 0 Å². The Morgan fingerprint density at radius 1 is 1.40 bits per heavy atom. The van der Waals surface area contributed by atoms with Crippen LogP contribution in [0.4, 0.5) is 0 Å². The molecule has 1 aromatic rings. The zero-order chi connectivity index (χ0) is 11.0. The van der Waals surface area contributed by atoms with Crippen LogP contribution < -0.4 is 5.32 Å². The molecule has 15 heavy (non-hydrogen) atoms. The summed E-state index contributed by atoms with van der Waals surface area (Å²) in [4.78, 5) is 0. The normalized spacial score (nSPS) is 30.8. The molecule has 1 saturated heterocycles. The summed E-state index contributed by atoms with van der Waals surface area (Å²) in [6.07, 6.45) is 1.16. The highest BCUT2D eigenvalue weighted by molar-refractivity contribution is 9.10. The fraction of sp³-hybridized carbons (Fsp3) is 0.500. The van der Waals surface area contributed by atoms with Gasteiger partial charge in [-0.05, 0) is 44.0 Å². The van der Waals surface area contributed by atoms with Crippen molar-refractivity contribution >= 4 is 27.5 Å². The highest BCUT2D eigenvalue weighted by Crippen LogP contribution is 2.36. The van der Waals surface area contributed by atoms with Crippen LogP contribution in [0.5, 0.6) is 0 Å². The maximum atomic E-state index is 6.24. The molecule has 1 fully saturated rings. The molecule has 0 amide bonds. The predicted octanol–water partition coefficient (Wildman–Crippen LogP) is 3.96. The molecule has 0 aliphatic carbocycles. The molecule has 0 spiro atoms. The van der Waals surface area contributed by atoms with Crippen molar-refractivity contribution in [2.45, 2.75) is 38.3 Å². The molecule has 1 aromatic carbocycles. The standard InChI is InChI=1S/C12H15BrClN/c1-7-5-10(8(2)15-7)11-6-9(13)3-4-12(11)14/h3-4,6-8,10,15H,5H2,1-2H3. The van der Waals surface area contributed by atoms with Gasteiger partial charge in [0.25, 0.3) is 0 Å². The molecule has 1 aliphatic rings. The molecule has 3 unspecified atom stereocenters. The first-order valence-electron chi connectivity index (χ1n) is 5.29. The van der Waals surface area contributed by atoms with Gasteiger partial charge in [-0.25, -0.2) is 0 Å². The van der Waals surface area contributed by atoms with E-state index < -0.39 is 0 Å². The van der Waals surface area contributed by atoms with Crippen molar-refractivity contribution in [1.82, 2.24) is 5.32 Å². The van der Waals surface area contributed by atoms with Gasteiger partial charge in [0.1, 0.15) is 0 Å². The molecule has 3 heteroatoms. The smallest absolute Gasteiger partial charge is 0.0442 e. The summed E-state index contributed by atoms with van der Waals surface area (Å²) in [5.41, 5.74) is 1.26. The summed E-state index contributed by atoms with van der Waals surface area (Å²) in [5, 5.41) is 4.42. The quantitative estimate of drug-likeness (QED) is 0.825. The molecule has 2 rings (SSSR count). The summed E-state index contributed by atoms with van der Waals surface area (Å²) in [6.45, 7) is 4.45. The van der Waals surface area contributed by atoms with Gasteiger partial charge in [-0.1, -0.05) is 27.5 Å². The zero-order valence-electron chi connectivity index (χ0n) is 8.93. The lowest BCUT2D eigenvalue weighted by molar-refractivity contribution is 0.575. The number of hydrogen-bond acceptors (Lipinski definition) is 1. The third-order valence-electron chi connectivity index (χ3n) is 3.12. The zero-order valence-corrected chi connectivity index (χ0v) is 11.3. The number of benzene rings is 1. The second-order valence-electron chi connectivity index (χ2n) is 4.36.